The number of unbranched alkanes of at least 4 members (excludes halogenated alkanes) is 5. The molecule has 0 fully saturated rings. The topological polar surface area (TPSA) is 42.5 Å². The van der Waals surface area contributed by atoms with Crippen LogP contribution in [0.25, 0.3) is 0 Å². The van der Waals surface area contributed by atoms with Gasteiger partial charge in [-0.05, 0) is 50.2 Å². The highest BCUT2D eigenvalue weighted by molar-refractivity contribution is 5.26. The highest BCUT2D eigenvalue weighted by Gasteiger charge is 2.26. The van der Waals surface area contributed by atoms with Gasteiger partial charge in [-0.3, -0.25) is 5.32 Å². The molecule has 1 aliphatic heterocycles. The molecular formula is C27H42N2O2. The molecule has 1 heterocycles. The molecule has 4 heteroatoms. The van der Waals surface area contributed by atoms with Crippen LogP contribution in [0.4, 0.5) is 0 Å². The van der Waals surface area contributed by atoms with Crippen molar-refractivity contribution in [3.8, 4) is 0 Å². The van der Waals surface area contributed by atoms with Gasteiger partial charge in [0.05, 0.1) is 6.54 Å². The van der Waals surface area contributed by atoms with Crippen LogP contribution < -0.4 is 10.6 Å². The van der Waals surface area contributed by atoms with Crippen molar-refractivity contribution in [2.24, 2.45) is 5.92 Å². The molecule has 0 saturated heterocycles. The first-order valence-electron chi connectivity index (χ1n) is 12.3. The Balaban J connectivity index is 1.43. The van der Waals surface area contributed by atoms with E-state index < -0.39 is 0 Å². The Morgan fingerprint density at radius 3 is 2.48 bits per heavy atom. The maximum atomic E-state index is 6.18. The summed E-state index contributed by atoms with van der Waals surface area (Å²) in [6.45, 7) is 5.18. The molecule has 0 amide bonds. The van der Waals surface area contributed by atoms with Gasteiger partial charge in [-0.25, -0.2) is 0 Å². The molecule has 2 N–H and O–H groups in total. The fraction of sp³-hybridized carbons (Fsp3) is 0.630. The Labute approximate surface area is 189 Å². The molecule has 31 heavy (non-hydrogen) atoms. The number of ether oxygens (including phenoxy) is 2. The molecule has 2 aliphatic rings. The molecule has 0 aromatic heterocycles. The predicted molar refractivity (Wildman–Crippen MR) is 128 cm³/mol. The molecule has 0 radical (unpaired) electrons. The van der Waals surface area contributed by atoms with E-state index in [0.29, 0.717) is 12.5 Å². The minimum atomic E-state index is -0.183. The summed E-state index contributed by atoms with van der Waals surface area (Å²) in [6.07, 6.45) is 16.8. The Hall–Kier alpha value is -1.78. The van der Waals surface area contributed by atoms with Gasteiger partial charge in [-0.1, -0.05) is 74.9 Å². The second kappa shape index (κ2) is 12.9. The molecule has 172 valence electrons. The normalized spacial score (nSPS) is 22.3. The molecule has 0 saturated carbocycles. The third-order valence-corrected chi connectivity index (χ3v) is 6.59. The van der Waals surface area contributed by atoms with Crippen LogP contribution in [0.3, 0.4) is 0 Å². The van der Waals surface area contributed by atoms with E-state index in [-0.39, 0.29) is 12.5 Å². The smallest absolute Gasteiger partial charge is 0.202 e. The summed E-state index contributed by atoms with van der Waals surface area (Å²) in [5.74, 6) is 1.33. The lowest BCUT2D eigenvalue weighted by Gasteiger charge is -2.32. The van der Waals surface area contributed by atoms with Crippen molar-refractivity contribution in [1.29, 1.82) is 0 Å². The molecule has 4 nitrogen and oxygen atoms in total. The largest absolute Gasteiger partial charge is 0.466 e. The maximum Gasteiger partial charge on any atom is 0.202 e. The van der Waals surface area contributed by atoms with Crippen molar-refractivity contribution < 1.29 is 9.47 Å². The molecule has 3 atom stereocenters. The maximum absolute atomic E-state index is 6.18. The van der Waals surface area contributed by atoms with Gasteiger partial charge >= 0.3 is 0 Å². The Morgan fingerprint density at radius 1 is 1.06 bits per heavy atom. The molecule has 3 unspecified atom stereocenters. The third-order valence-electron chi connectivity index (χ3n) is 6.59. The zero-order valence-corrected chi connectivity index (χ0v) is 19.8. The van der Waals surface area contributed by atoms with Gasteiger partial charge in [-0.2, -0.15) is 0 Å². The SMILES string of the molecule is CCCCCCCCc1ccc(C2NC=C(OC(OC)C3CC=C(C)CC3)CN2)cc1. The Kier molecular flexibility index (Phi) is 9.95. The number of methoxy groups -OCH3 is 1. The van der Waals surface area contributed by atoms with Crippen LogP contribution >= 0.6 is 0 Å². The second-order valence-electron chi connectivity index (χ2n) is 9.16. The van der Waals surface area contributed by atoms with E-state index in [4.69, 9.17) is 9.47 Å². The minimum Gasteiger partial charge on any atom is -0.466 e. The van der Waals surface area contributed by atoms with Crippen molar-refractivity contribution >= 4 is 0 Å². The van der Waals surface area contributed by atoms with Gasteiger partial charge in [0.2, 0.25) is 6.29 Å². The lowest BCUT2D eigenvalue weighted by Crippen LogP contribution is -2.39. The van der Waals surface area contributed by atoms with Gasteiger partial charge in [0.15, 0.2) is 0 Å². The zero-order valence-electron chi connectivity index (χ0n) is 19.8. The summed E-state index contributed by atoms with van der Waals surface area (Å²) in [7, 11) is 1.75. The number of aryl methyl sites for hydroxylation is 1. The summed E-state index contributed by atoms with van der Waals surface area (Å²) in [4.78, 5) is 0. The van der Waals surface area contributed by atoms with Crippen LogP contribution in [0.2, 0.25) is 0 Å². The van der Waals surface area contributed by atoms with E-state index in [1.54, 1.807) is 7.11 Å². The molecule has 1 aliphatic carbocycles. The Morgan fingerprint density at radius 2 is 1.84 bits per heavy atom. The van der Waals surface area contributed by atoms with Crippen molar-refractivity contribution in [2.45, 2.75) is 90.5 Å². The van der Waals surface area contributed by atoms with Crippen LogP contribution in [-0.4, -0.2) is 19.9 Å². The number of rotatable bonds is 12. The summed E-state index contributed by atoms with van der Waals surface area (Å²) in [5, 5.41) is 6.99. The molecule has 1 aromatic carbocycles. The first-order valence-corrected chi connectivity index (χ1v) is 12.3. The van der Waals surface area contributed by atoms with Crippen LogP contribution in [-0.2, 0) is 15.9 Å². The average molecular weight is 427 g/mol. The van der Waals surface area contributed by atoms with E-state index >= 15 is 0 Å². The van der Waals surface area contributed by atoms with Crippen molar-refractivity contribution in [1.82, 2.24) is 10.6 Å². The number of hydrogen-bond acceptors (Lipinski definition) is 4. The number of allylic oxidation sites excluding steroid dienone is 2. The monoisotopic (exact) mass is 426 g/mol. The summed E-state index contributed by atoms with van der Waals surface area (Å²) >= 11 is 0. The van der Waals surface area contributed by atoms with Gasteiger partial charge in [0.1, 0.15) is 11.9 Å². The van der Waals surface area contributed by atoms with Gasteiger partial charge in [-0.15, -0.1) is 0 Å². The van der Waals surface area contributed by atoms with Crippen LogP contribution in [0, 0.1) is 5.92 Å². The lowest BCUT2D eigenvalue weighted by molar-refractivity contribution is -0.133. The highest BCUT2D eigenvalue weighted by atomic mass is 16.7. The molecular weight excluding hydrogens is 384 g/mol. The Bertz CT molecular complexity index is 710. The predicted octanol–water partition coefficient (Wildman–Crippen LogP) is 6.36. The lowest BCUT2D eigenvalue weighted by atomic mass is 9.90. The van der Waals surface area contributed by atoms with E-state index in [0.717, 1.165) is 25.0 Å². The van der Waals surface area contributed by atoms with Gasteiger partial charge in [0.25, 0.3) is 0 Å². The number of hydrogen-bond donors (Lipinski definition) is 2. The van der Waals surface area contributed by atoms with E-state index in [9.17, 15) is 0 Å². The summed E-state index contributed by atoms with van der Waals surface area (Å²) < 4.78 is 11.8. The van der Waals surface area contributed by atoms with Gasteiger partial charge < -0.3 is 14.8 Å². The van der Waals surface area contributed by atoms with Crippen molar-refractivity contribution in [3.05, 3.63) is 59.0 Å². The van der Waals surface area contributed by atoms with Crippen molar-refractivity contribution in [2.75, 3.05) is 13.7 Å². The molecule has 0 bridgehead atoms. The van der Waals surface area contributed by atoms with E-state index in [1.807, 2.05) is 6.20 Å². The summed E-state index contributed by atoms with van der Waals surface area (Å²) in [5.41, 5.74) is 4.18. The number of nitrogens with one attached hydrogen (secondary N) is 2. The standard InChI is InChI=1S/C27H42N2O2/c1-4-5-6-7-8-9-10-22-13-17-23(18-14-22)26-28-19-25(20-29-26)31-27(30-3)24-15-11-21(2)12-16-24/h11,13-14,17-19,24,26-29H,4-10,12,15-16,20H2,1-3H3. The van der Waals surface area contributed by atoms with Gasteiger partial charge in [0, 0.05) is 19.2 Å². The average Bonchev–Trinajstić information content (AvgIpc) is 2.81. The van der Waals surface area contributed by atoms with Crippen LogP contribution in [0.15, 0.2) is 47.9 Å². The van der Waals surface area contributed by atoms with Crippen LogP contribution in [0.1, 0.15) is 88.9 Å². The quantitative estimate of drug-likeness (QED) is 0.232. The molecule has 1 aromatic rings. The third kappa shape index (κ3) is 7.69. The van der Waals surface area contributed by atoms with Crippen molar-refractivity contribution in [3.63, 3.8) is 0 Å². The highest BCUT2D eigenvalue weighted by Crippen LogP contribution is 2.29. The number of benzene rings is 1. The van der Waals surface area contributed by atoms with Crippen LogP contribution in [0.5, 0.6) is 0 Å². The first kappa shape index (κ1) is 23.9. The molecule has 3 rings (SSSR count). The summed E-state index contributed by atoms with van der Waals surface area (Å²) in [6, 6.07) is 9.04. The van der Waals surface area contributed by atoms with E-state index in [1.165, 1.54) is 61.6 Å². The molecule has 0 spiro atoms. The zero-order chi connectivity index (χ0) is 21.9. The fourth-order valence-electron chi connectivity index (χ4n) is 4.48. The van der Waals surface area contributed by atoms with E-state index in [2.05, 4.69) is 54.8 Å². The first-order chi connectivity index (χ1) is 15.2. The second-order valence-corrected chi connectivity index (χ2v) is 9.16. The minimum absolute atomic E-state index is 0.122. The fourth-order valence-corrected chi connectivity index (χ4v) is 4.48.